The van der Waals surface area contributed by atoms with Crippen LogP contribution in [0.1, 0.15) is 16.2 Å². The molecule has 5 nitrogen and oxygen atoms in total. The Morgan fingerprint density at radius 2 is 1.91 bits per heavy atom. The fourth-order valence-electron chi connectivity index (χ4n) is 2.11. The molecule has 0 aliphatic carbocycles. The van der Waals surface area contributed by atoms with E-state index < -0.39 is 0 Å². The second-order valence-electron chi connectivity index (χ2n) is 4.76. The fraction of sp³-hybridized carbons (Fsp3) is 0.0625. The van der Waals surface area contributed by atoms with E-state index in [0.717, 1.165) is 5.69 Å². The van der Waals surface area contributed by atoms with Gasteiger partial charge < -0.3 is 5.32 Å². The van der Waals surface area contributed by atoms with Gasteiger partial charge in [-0.1, -0.05) is 41.4 Å². The summed E-state index contributed by atoms with van der Waals surface area (Å²) in [6.07, 6.45) is 1.60. The summed E-state index contributed by atoms with van der Waals surface area (Å²) in [5, 5.41) is 11.5. The molecule has 116 valence electrons. The molecular weight excluding hydrogens is 335 g/mol. The molecule has 7 heteroatoms. The minimum atomic E-state index is -0.319. The molecule has 1 aromatic heterocycles. The van der Waals surface area contributed by atoms with Crippen molar-refractivity contribution in [3.63, 3.8) is 0 Å². The first-order chi connectivity index (χ1) is 11.1. The second kappa shape index (κ2) is 6.81. The number of amides is 1. The first-order valence-corrected chi connectivity index (χ1v) is 7.58. The third-order valence-electron chi connectivity index (χ3n) is 3.23. The van der Waals surface area contributed by atoms with E-state index in [9.17, 15) is 4.79 Å². The Kier molecular flexibility index (Phi) is 4.60. The molecule has 1 N–H and O–H groups in total. The quantitative estimate of drug-likeness (QED) is 0.786. The lowest BCUT2D eigenvalue weighted by atomic mass is 10.2. The molecule has 0 atom stereocenters. The number of carbonyl (C=O) groups is 1. The zero-order chi connectivity index (χ0) is 16.2. The largest absolute Gasteiger partial charge is 0.345 e. The van der Waals surface area contributed by atoms with Crippen molar-refractivity contribution >= 4 is 29.1 Å². The van der Waals surface area contributed by atoms with Crippen LogP contribution in [-0.2, 0) is 6.54 Å². The Morgan fingerprint density at radius 1 is 1.13 bits per heavy atom. The van der Waals surface area contributed by atoms with Crippen LogP contribution in [-0.4, -0.2) is 20.7 Å². The number of nitrogens with zero attached hydrogens (tertiary/aromatic N) is 3. The van der Waals surface area contributed by atoms with Crippen molar-refractivity contribution < 1.29 is 4.79 Å². The summed E-state index contributed by atoms with van der Waals surface area (Å²) in [5.74, 6) is 0.294. The van der Waals surface area contributed by atoms with Crippen molar-refractivity contribution in [1.82, 2.24) is 20.1 Å². The van der Waals surface area contributed by atoms with E-state index in [0.29, 0.717) is 21.4 Å². The van der Waals surface area contributed by atoms with Crippen LogP contribution >= 0.6 is 23.2 Å². The Bertz CT molecular complexity index is 833. The third kappa shape index (κ3) is 3.52. The summed E-state index contributed by atoms with van der Waals surface area (Å²) >= 11 is 11.9. The van der Waals surface area contributed by atoms with Gasteiger partial charge in [0.2, 0.25) is 0 Å². The van der Waals surface area contributed by atoms with Gasteiger partial charge in [-0.15, -0.1) is 10.2 Å². The lowest BCUT2D eigenvalue weighted by Crippen LogP contribution is -2.24. The number of rotatable bonds is 4. The molecule has 23 heavy (non-hydrogen) atoms. The van der Waals surface area contributed by atoms with Crippen LogP contribution in [0.3, 0.4) is 0 Å². The van der Waals surface area contributed by atoms with E-state index in [4.69, 9.17) is 23.2 Å². The molecule has 2 aromatic carbocycles. The highest BCUT2D eigenvalue weighted by atomic mass is 35.5. The molecular formula is C16H12Cl2N4O. The van der Waals surface area contributed by atoms with Crippen molar-refractivity contribution in [3.05, 3.63) is 76.3 Å². The molecule has 0 unspecified atom stereocenters. The maximum absolute atomic E-state index is 12.2. The van der Waals surface area contributed by atoms with Crippen molar-refractivity contribution in [2.75, 3.05) is 0 Å². The number of hydrogen-bond acceptors (Lipinski definition) is 3. The molecule has 1 heterocycles. The summed E-state index contributed by atoms with van der Waals surface area (Å²) in [6, 6.07) is 14.4. The lowest BCUT2D eigenvalue weighted by Gasteiger charge is -2.09. The molecule has 1 amide bonds. The summed E-state index contributed by atoms with van der Waals surface area (Å²) in [5.41, 5.74) is 1.24. The highest BCUT2D eigenvalue weighted by Crippen LogP contribution is 2.20. The van der Waals surface area contributed by atoms with Gasteiger partial charge in [0.25, 0.3) is 5.91 Å². The second-order valence-corrected chi connectivity index (χ2v) is 5.60. The number of aromatic nitrogens is 3. The Balaban J connectivity index is 1.76. The molecule has 0 saturated carbocycles. The maximum atomic E-state index is 12.2. The first kappa shape index (κ1) is 15.5. The number of nitrogens with one attached hydrogen (secondary N) is 1. The monoisotopic (exact) mass is 346 g/mol. The van der Waals surface area contributed by atoms with Gasteiger partial charge in [0.05, 0.1) is 17.1 Å². The Labute approximate surface area is 142 Å². The van der Waals surface area contributed by atoms with Crippen LogP contribution in [0, 0.1) is 0 Å². The Morgan fingerprint density at radius 3 is 2.70 bits per heavy atom. The van der Waals surface area contributed by atoms with Gasteiger partial charge in [0.15, 0.2) is 5.82 Å². The highest BCUT2D eigenvalue weighted by molar-refractivity contribution is 6.35. The number of hydrogen-bond donors (Lipinski definition) is 1. The highest BCUT2D eigenvalue weighted by Gasteiger charge is 2.13. The predicted molar refractivity (Wildman–Crippen MR) is 89.0 cm³/mol. The van der Waals surface area contributed by atoms with Gasteiger partial charge in [0.1, 0.15) is 6.33 Å². The minimum absolute atomic E-state index is 0.219. The SMILES string of the molecule is O=C(NCc1nncn1-c1ccccc1)c1cc(Cl)ccc1Cl. The van der Waals surface area contributed by atoms with Crippen molar-refractivity contribution in [3.8, 4) is 5.69 Å². The number of halogens is 2. The molecule has 0 bridgehead atoms. The van der Waals surface area contributed by atoms with E-state index in [1.165, 1.54) is 6.07 Å². The minimum Gasteiger partial charge on any atom is -0.345 e. The third-order valence-corrected chi connectivity index (χ3v) is 3.80. The van der Waals surface area contributed by atoms with E-state index in [-0.39, 0.29) is 12.5 Å². The number of para-hydroxylation sites is 1. The zero-order valence-electron chi connectivity index (χ0n) is 11.9. The summed E-state index contributed by atoms with van der Waals surface area (Å²) in [6.45, 7) is 0.219. The van der Waals surface area contributed by atoms with Gasteiger partial charge in [0, 0.05) is 10.7 Å². The molecule has 0 aliphatic rings. The summed E-state index contributed by atoms with van der Waals surface area (Å²) in [7, 11) is 0. The maximum Gasteiger partial charge on any atom is 0.253 e. The van der Waals surface area contributed by atoms with Gasteiger partial charge in [-0.25, -0.2) is 0 Å². The number of benzene rings is 2. The van der Waals surface area contributed by atoms with Crippen LogP contribution < -0.4 is 5.32 Å². The van der Waals surface area contributed by atoms with Crippen molar-refractivity contribution in [1.29, 1.82) is 0 Å². The molecule has 0 aliphatic heterocycles. The molecule has 3 aromatic rings. The van der Waals surface area contributed by atoms with E-state index in [1.807, 2.05) is 30.3 Å². The Hall–Kier alpha value is -2.37. The average molecular weight is 347 g/mol. The van der Waals surface area contributed by atoms with Crippen LogP contribution in [0.4, 0.5) is 0 Å². The topological polar surface area (TPSA) is 59.8 Å². The summed E-state index contributed by atoms with van der Waals surface area (Å²) < 4.78 is 1.81. The number of carbonyl (C=O) groups excluding carboxylic acids is 1. The van der Waals surface area contributed by atoms with Crippen LogP contribution in [0.2, 0.25) is 10.0 Å². The normalized spacial score (nSPS) is 10.5. The molecule has 0 radical (unpaired) electrons. The van der Waals surface area contributed by atoms with E-state index in [1.54, 1.807) is 23.0 Å². The van der Waals surface area contributed by atoms with E-state index >= 15 is 0 Å². The van der Waals surface area contributed by atoms with E-state index in [2.05, 4.69) is 15.5 Å². The first-order valence-electron chi connectivity index (χ1n) is 6.83. The van der Waals surface area contributed by atoms with Gasteiger partial charge >= 0.3 is 0 Å². The molecule has 3 rings (SSSR count). The zero-order valence-corrected chi connectivity index (χ0v) is 13.4. The lowest BCUT2D eigenvalue weighted by molar-refractivity contribution is 0.0950. The van der Waals surface area contributed by atoms with Crippen LogP contribution in [0.25, 0.3) is 5.69 Å². The molecule has 0 fully saturated rings. The van der Waals surface area contributed by atoms with Gasteiger partial charge in [-0.05, 0) is 30.3 Å². The molecule has 0 saturated heterocycles. The summed E-state index contributed by atoms with van der Waals surface area (Å²) in [4.78, 5) is 12.2. The standard InChI is InChI=1S/C16H12Cl2N4O/c17-11-6-7-14(18)13(8-11)16(23)19-9-15-21-20-10-22(15)12-4-2-1-3-5-12/h1-8,10H,9H2,(H,19,23). The van der Waals surface area contributed by atoms with Crippen LogP contribution in [0.5, 0.6) is 0 Å². The van der Waals surface area contributed by atoms with Crippen molar-refractivity contribution in [2.24, 2.45) is 0 Å². The molecule has 0 spiro atoms. The smallest absolute Gasteiger partial charge is 0.253 e. The average Bonchev–Trinajstić information content (AvgIpc) is 3.04. The van der Waals surface area contributed by atoms with Gasteiger partial charge in [-0.2, -0.15) is 0 Å². The van der Waals surface area contributed by atoms with Gasteiger partial charge in [-0.3, -0.25) is 9.36 Å². The predicted octanol–water partition coefficient (Wildman–Crippen LogP) is 3.50. The van der Waals surface area contributed by atoms with Crippen LogP contribution in [0.15, 0.2) is 54.9 Å². The fourth-order valence-corrected chi connectivity index (χ4v) is 2.49. The van der Waals surface area contributed by atoms with Crippen molar-refractivity contribution in [2.45, 2.75) is 6.54 Å².